The molecule has 6 nitrogen and oxygen atoms in total. The highest BCUT2D eigenvalue weighted by molar-refractivity contribution is 7.17. The Morgan fingerprint density at radius 3 is 2.56 bits per heavy atom. The number of fused-ring (bicyclic) bond motifs is 1. The zero-order chi connectivity index (χ0) is 23.0. The fourth-order valence-corrected chi connectivity index (χ4v) is 5.40. The molecule has 0 bridgehead atoms. The van der Waals surface area contributed by atoms with Crippen molar-refractivity contribution in [2.24, 2.45) is 5.92 Å². The summed E-state index contributed by atoms with van der Waals surface area (Å²) in [6.45, 7) is 0.686. The van der Waals surface area contributed by atoms with Gasteiger partial charge in [0.25, 0.3) is 5.91 Å². The SMILES string of the molecule is CNC(=O)c1csc2c(C(F)(F)F)c(Cl)c(N3CCC(OC(=O)CCC4CC4)CC3)nc12. The van der Waals surface area contributed by atoms with Gasteiger partial charge >= 0.3 is 12.1 Å². The van der Waals surface area contributed by atoms with Crippen LogP contribution in [0.5, 0.6) is 0 Å². The van der Waals surface area contributed by atoms with Crippen molar-refractivity contribution in [3.63, 3.8) is 0 Å². The number of nitrogens with one attached hydrogen (secondary N) is 1. The number of alkyl halides is 3. The lowest BCUT2D eigenvalue weighted by Crippen LogP contribution is -2.38. The largest absolute Gasteiger partial charge is 0.462 e. The van der Waals surface area contributed by atoms with Crippen LogP contribution in [-0.2, 0) is 15.7 Å². The first kappa shape index (κ1) is 23.1. The molecule has 0 spiro atoms. The number of esters is 1. The molecule has 0 aromatic carbocycles. The molecule has 11 heteroatoms. The second kappa shape index (κ2) is 9.05. The third kappa shape index (κ3) is 4.80. The summed E-state index contributed by atoms with van der Waals surface area (Å²) >= 11 is 7.02. The summed E-state index contributed by atoms with van der Waals surface area (Å²) in [5.41, 5.74) is -0.918. The van der Waals surface area contributed by atoms with Crippen molar-refractivity contribution in [1.82, 2.24) is 10.3 Å². The highest BCUT2D eigenvalue weighted by atomic mass is 35.5. The van der Waals surface area contributed by atoms with E-state index in [9.17, 15) is 22.8 Å². The summed E-state index contributed by atoms with van der Waals surface area (Å²) in [6.07, 6.45) is -0.421. The number of pyridine rings is 1. The summed E-state index contributed by atoms with van der Waals surface area (Å²) in [5.74, 6) is -0.0940. The summed E-state index contributed by atoms with van der Waals surface area (Å²) in [7, 11) is 1.41. The average Bonchev–Trinajstić information content (AvgIpc) is 3.49. The summed E-state index contributed by atoms with van der Waals surface area (Å²) in [4.78, 5) is 30.2. The number of rotatable bonds is 6. The van der Waals surface area contributed by atoms with Crippen molar-refractivity contribution in [2.45, 2.75) is 50.8 Å². The quantitative estimate of drug-likeness (QED) is 0.576. The lowest BCUT2D eigenvalue weighted by Gasteiger charge is -2.33. The number of amides is 1. The fourth-order valence-electron chi connectivity index (χ4n) is 3.92. The van der Waals surface area contributed by atoms with Gasteiger partial charge in [-0.15, -0.1) is 11.3 Å². The highest BCUT2D eigenvalue weighted by Crippen LogP contribution is 2.46. The summed E-state index contributed by atoms with van der Waals surface area (Å²) in [6, 6.07) is 0. The van der Waals surface area contributed by atoms with Crippen LogP contribution < -0.4 is 10.2 Å². The number of halogens is 4. The van der Waals surface area contributed by atoms with Crippen LogP contribution in [0.1, 0.15) is 54.4 Å². The van der Waals surface area contributed by atoms with Crippen LogP contribution in [0.25, 0.3) is 10.2 Å². The maximum Gasteiger partial charge on any atom is 0.419 e. The Kier molecular flexibility index (Phi) is 6.53. The van der Waals surface area contributed by atoms with E-state index in [0.29, 0.717) is 38.3 Å². The predicted molar refractivity (Wildman–Crippen MR) is 116 cm³/mol. The third-order valence-corrected chi connectivity index (χ3v) is 7.22. The number of anilines is 1. The molecule has 1 aliphatic heterocycles. The van der Waals surface area contributed by atoms with Crippen LogP contribution in [0.3, 0.4) is 0 Å². The van der Waals surface area contributed by atoms with Crippen LogP contribution in [-0.4, -0.2) is 43.1 Å². The Morgan fingerprint density at radius 2 is 1.97 bits per heavy atom. The van der Waals surface area contributed by atoms with Gasteiger partial charge in [-0.3, -0.25) is 9.59 Å². The van der Waals surface area contributed by atoms with Gasteiger partial charge in [-0.2, -0.15) is 13.2 Å². The number of hydrogen-bond donors (Lipinski definition) is 1. The molecule has 1 N–H and O–H groups in total. The molecule has 1 saturated carbocycles. The molecule has 1 amide bonds. The van der Waals surface area contributed by atoms with Gasteiger partial charge in [-0.25, -0.2) is 4.98 Å². The van der Waals surface area contributed by atoms with Crippen molar-refractivity contribution < 1.29 is 27.5 Å². The average molecular weight is 490 g/mol. The van der Waals surface area contributed by atoms with Gasteiger partial charge in [0.05, 0.1) is 26.4 Å². The van der Waals surface area contributed by atoms with Gasteiger partial charge in [-0.1, -0.05) is 24.4 Å². The van der Waals surface area contributed by atoms with Crippen molar-refractivity contribution in [3.8, 4) is 0 Å². The first-order valence-electron chi connectivity index (χ1n) is 10.5. The molecule has 174 valence electrons. The standard InChI is InChI=1S/C21H23ClF3N3O3S/c1-26-20(30)13-10-32-18-15(21(23,24)25)16(22)19(27-17(13)18)28-8-6-12(7-9-28)31-14(29)5-4-11-2-3-11/h10-12H,2-9H2,1H3,(H,26,30). The minimum atomic E-state index is -4.70. The zero-order valence-corrected chi connectivity index (χ0v) is 19.0. The zero-order valence-electron chi connectivity index (χ0n) is 17.4. The van der Waals surface area contributed by atoms with E-state index in [2.05, 4.69) is 10.3 Å². The molecule has 2 fully saturated rings. The van der Waals surface area contributed by atoms with Crippen molar-refractivity contribution in [2.75, 3.05) is 25.0 Å². The topological polar surface area (TPSA) is 71.5 Å². The molecule has 3 heterocycles. The van der Waals surface area contributed by atoms with E-state index >= 15 is 0 Å². The number of carbonyl (C=O) groups is 2. The molecule has 0 atom stereocenters. The molecule has 2 aliphatic rings. The Labute approximate surface area is 192 Å². The molecular formula is C21H23ClF3N3O3S. The minimum Gasteiger partial charge on any atom is -0.462 e. The van der Waals surface area contributed by atoms with E-state index < -0.39 is 22.7 Å². The van der Waals surface area contributed by atoms with Gasteiger partial charge in [0.2, 0.25) is 0 Å². The molecule has 0 radical (unpaired) electrons. The van der Waals surface area contributed by atoms with Crippen LogP contribution >= 0.6 is 22.9 Å². The normalized spacial score (nSPS) is 17.6. The first-order valence-corrected chi connectivity index (χ1v) is 11.8. The van der Waals surface area contributed by atoms with Crippen molar-refractivity contribution >= 4 is 50.8 Å². The number of hydrogen-bond acceptors (Lipinski definition) is 6. The monoisotopic (exact) mass is 489 g/mol. The van der Waals surface area contributed by atoms with Gasteiger partial charge in [0, 0.05) is 44.8 Å². The molecule has 2 aromatic heterocycles. The second-order valence-corrected chi connectivity index (χ2v) is 9.44. The van der Waals surface area contributed by atoms with Gasteiger partial charge < -0.3 is 15.0 Å². The molecule has 32 heavy (non-hydrogen) atoms. The molecule has 1 aliphatic carbocycles. The summed E-state index contributed by atoms with van der Waals surface area (Å²) in [5, 5.41) is 3.31. The smallest absolute Gasteiger partial charge is 0.419 e. The second-order valence-electron chi connectivity index (χ2n) is 8.19. The Morgan fingerprint density at radius 1 is 1.28 bits per heavy atom. The number of thiophene rings is 1. The van der Waals surface area contributed by atoms with Crippen LogP contribution in [0.15, 0.2) is 5.38 Å². The van der Waals surface area contributed by atoms with E-state index in [1.165, 1.54) is 25.3 Å². The lowest BCUT2D eigenvalue weighted by molar-refractivity contribution is -0.150. The molecule has 0 unspecified atom stereocenters. The fraction of sp³-hybridized carbons (Fsp3) is 0.571. The van der Waals surface area contributed by atoms with Crippen molar-refractivity contribution in [3.05, 3.63) is 21.5 Å². The van der Waals surface area contributed by atoms with Gasteiger partial charge in [0.1, 0.15) is 11.9 Å². The Bertz CT molecular complexity index is 1030. The third-order valence-electron chi connectivity index (χ3n) is 5.87. The number of nitrogens with zero attached hydrogens (tertiary/aromatic N) is 2. The number of piperidine rings is 1. The predicted octanol–water partition coefficient (Wildman–Crippen LogP) is 5.03. The Hall–Kier alpha value is -2.07. The molecule has 2 aromatic rings. The highest BCUT2D eigenvalue weighted by Gasteiger charge is 2.40. The summed E-state index contributed by atoms with van der Waals surface area (Å²) < 4.78 is 47.0. The number of aromatic nitrogens is 1. The van der Waals surface area contributed by atoms with Crippen molar-refractivity contribution in [1.29, 1.82) is 0 Å². The molecular weight excluding hydrogens is 467 g/mol. The van der Waals surface area contributed by atoms with Crippen LogP contribution in [0.4, 0.5) is 19.0 Å². The minimum absolute atomic E-state index is 0.00597. The van der Waals surface area contributed by atoms with E-state index in [1.807, 2.05) is 0 Å². The molecule has 1 saturated heterocycles. The number of carbonyl (C=O) groups excluding carboxylic acids is 2. The van der Waals surface area contributed by atoms with E-state index in [-0.39, 0.29) is 33.7 Å². The van der Waals surface area contributed by atoms with E-state index in [0.717, 1.165) is 17.8 Å². The number of ether oxygens (including phenoxy) is 1. The molecule has 4 rings (SSSR count). The maximum absolute atomic E-state index is 13.9. The maximum atomic E-state index is 13.9. The van der Waals surface area contributed by atoms with E-state index in [1.54, 1.807) is 4.90 Å². The van der Waals surface area contributed by atoms with Gasteiger partial charge in [0.15, 0.2) is 0 Å². The van der Waals surface area contributed by atoms with E-state index in [4.69, 9.17) is 16.3 Å². The lowest BCUT2D eigenvalue weighted by atomic mass is 10.1. The van der Waals surface area contributed by atoms with Gasteiger partial charge in [-0.05, 0) is 12.3 Å². The van der Waals surface area contributed by atoms with Crippen LogP contribution in [0, 0.1) is 5.92 Å². The Balaban J connectivity index is 1.55. The first-order chi connectivity index (χ1) is 15.2. The van der Waals surface area contributed by atoms with Crippen LogP contribution in [0.2, 0.25) is 5.02 Å².